The first-order valence-electron chi connectivity index (χ1n) is 17.5. The van der Waals surface area contributed by atoms with Gasteiger partial charge in [-0.05, 0) is 58.7 Å². The zero-order chi connectivity index (χ0) is 33.8. The minimum atomic E-state index is -0.111. The summed E-state index contributed by atoms with van der Waals surface area (Å²) in [7, 11) is 0. The van der Waals surface area contributed by atoms with Crippen LogP contribution in [0.15, 0.2) is 156 Å². The van der Waals surface area contributed by atoms with Crippen LogP contribution in [0.5, 0.6) is 0 Å². The number of para-hydroxylation sites is 4. The van der Waals surface area contributed by atoms with Gasteiger partial charge in [-0.3, -0.25) is 0 Å². The fourth-order valence-electron chi connectivity index (χ4n) is 8.59. The van der Waals surface area contributed by atoms with Crippen LogP contribution in [0, 0.1) is 0 Å². The first-order valence-corrected chi connectivity index (χ1v) is 17.5. The summed E-state index contributed by atoms with van der Waals surface area (Å²) in [5.41, 5.74) is 14.0. The molecule has 1 aliphatic carbocycles. The molecule has 10 aromatic rings. The summed E-state index contributed by atoms with van der Waals surface area (Å²) in [4.78, 5) is 10.3. The molecule has 11 rings (SSSR count). The van der Waals surface area contributed by atoms with Crippen molar-refractivity contribution in [1.29, 1.82) is 0 Å². The normalized spacial score (nSPS) is 13.5. The average Bonchev–Trinajstić information content (AvgIpc) is 3.80. The highest BCUT2D eigenvalue weighted by atomic mass is 16.3. The Morgan fingerprint density at radius 2 is 1.18 bits per heavy atom. The molecule has 4 nitrogen and oxygen atoms in total. The maximum absolute atomic E-state index is 7.03. The zero-order valence-corrected chi connectivity index (χ0v) is 28.2. The van der Waals surface area contributed by atoms with Gasteiger partial charge >= 0.3 is 0 Å². The van der Waals surface area contributed by atoms with Gasteiger partial charge in [-0.1, -0.05) is 129 Å². The summed E-state index contributed by atoms with van der Waals surface area (Å²) < 4.78 is 9.43. The van der Waals surface area contributed by atoms with Crippen molar-refractivity contribution in [1.82, 2.24) is 14.5 Å². The number of fused-ring (bicyclic) bond motifs is 10. The number of furan rings is 1. The van der Waals surface area contributed by atoms with Crippen molar-refractivity contribution in [2.45, 2.75) is 19.3 Å². The highest BCUT2D eigenvalue weighted by molar-refractivity contribution is 6.15. The van der Waals surface area contributed by atoms with Crippen molar-refractivity contribution in [3.05, 3.63) is 163 Å². The lowest BCUT2D eigenvalue weighted by molar-refractivity contribution is 0.660. The quantitative estimate of drug-likeness (QED) is 0.191. The number of nitrogens with zero attached hydrogens (tertiary/aromatic N) is 3. The fourth-order valence-corrected chi connectivity index (χ4v) is 8.59. The maximum Gasteiger partial charge on any atom is 0.164 e. The van der Waals surface area contributed by atoms with Gasteiger partial charge in [0.05, 0.1) is 33.5 Å². The summed E-state index contributed by atoms with van der Waals surface area (Å²) >= 11 is 0. The standard InChI is InChI=1S/C47H31N3O/c1-47(2)37-22-9-6-16-29(37)35-26-36-30-17-8-11-24-40(30)50(42(36)27-38(35)47)41-25-13-20-32-31-19-12-21-34(44(31)51-45(32)41)46-48-39-23-10-7-18-33(39)43(49-46)28-14-4-3-5-15-28/h3-27H,1-2H3. The Morgan fingerprint density at radius 1 is 0.490 bits per heavy atom. The van der Waals surface area contributed by atoms with Crippen molar-refractivity contribution in [2.24, 2.45) is 0 Å². The highest BCUT2D eigenvalue weighted by Gasteiger charge is 2.36. The van der Waals surface area contributed by atoms with Crippen LogP contribution >= 0.6 is 0 Å². The van der Waals surface area contributed by atoms with Crippen LogP contribution in [0.1, 0.15) is 25.0 Å². The molecule has 51 heavy (non-hydrogen) atoms. The van der Waals surface area contributed by atoms with Crippen molar-refractivity contribution >= 4 is 54.6 Å². The molecule has 0 saturated heterocycles. The van der Waals surface area contributed by atoms with E-state index in [2.05, 4.69) is 152 Å². The highest BCUT2D eigenvalue weighted by Crippen LogP contribution is 2.51. The minimum Gasteiger partial charge on any atom is -0.453 e. The van der Waals surface area contributed by atoms with Crippen LogP contribution < -0.4 is 0 Å². The summed E-state index contributed by atoms with van der Waals surface area (Å²) in [5, 5.41) is 5.59. The molecule has 3 aromatic heterocycles. The third kappa shape index (κ3) is 3.90. The second-order valence-corrected chi connectivity index (χ2v) is 14.2. The van der Waals surface area contributed by atoms with E-state index in [-0.39, 0.29) is 5.41 Å². The molecule has 3 heterocycles. The Bertz CT molecular complexity index is 3060. The fraction of sp³-hybridized carbons (Fsp3) is 0.0638. The molecule has 0 bridgehead atoms. The van der Waals surface area contributed by atoms with Gasteiger partial charge in [-0.2, -0.15) is 0 Å². The Hall–Kier alpha value is -6.52. The smallest absolute Gasteiger partial charge is 0.164 e. The van der Waals surface area contributed by atoms with Gasteiger partial charge in [0, 0.05) is 37.9 Å². The van der Waals surface area contributed by atoms with Gasteiger partial charge in [0.15, 0.2) is 11.4 Å². The molecule has 240 valence electrons. The van der Waals surface area contributed by atoms with E-state index in [4.69, 9.17) is 14.4 Å². The van der Waals surface area contributed by atoms with E-state index in [0.29, 0.717) is 5.82 Å². The molecule has 4 heteroatoms. The van der Waals surface area contributed by atoms with Crippen molar-refractivity contribution in [3.63, 3.8) is 0 Å². The number of rotatable bonds is 3. The Morgan fingerprint density at radius 3 is 2.06 bits per heavy atom. The topological polar surface area (TPSA) is 43.9 Å². The summed E-state index contributed by atoms with van der Waals surface area (Å²) in [6.07, 6.45) is 0. The molecule has 0 atom stereocenters. The van der Waals surface area contributed by atoms with E-state index in [1.54, 1.807) is 0 Å². The first kappa shape index (κ1) is 28.3. The molecule has 1 aliphatic rings. The molecule has 0 fully saturated rings. The number of benzene rings is 7. The van der Waals surface area contributed by atoms with Crippen LogP contribution in [0.2, 0.25) is 0 Å². The third-order valence-corrected chi connectivity index (χ3v) is 11.0. The lowest BCUT2D eigenvalue weighted by atomic mass is 9.82. The van der Waals surface area contributed by atoms with Crippen molar-refractivity contribution in [2.75, 3.05) is 0 Å². The third-order valence-electron chi connectivity index (χ3n) is 11.0. The average molecular weight is 654 g/mol. The van der Waals surface area contributed by atoms with Crippen LogP contribution in [-0.2, 0) is 5.41 Å². The zero-order valence-electron chi connectivity index (χ0n) is 28.2. The molecule has 0 aliphatic heterocycles. The Kier molecular flexibility index (Phi) is 5.70. The summed E-state index contributed by atoms with van der Waals surface area (Å²) in [6, 6.07) is 53.8. The van der Waals surface area contributed by atoms with Crippen LogP contribution in [0.4, 0.5) is 0 Å². The van der Waals surface area contributed by atoms with Gasteiger partial charge in [0.2, 0.25) is 0 Å². The van der Waals surface area contributed by atoms with Gasteiger partial charge in [0.25, 0.3) is 0 Å². The van der Waals surface area contributed by atoms with Gasteiger partial charge < -0.3 is 8.98 Å². The maximum atomic E-state index is 7.03. The molecule has 0 spiro atoms. The predicted molar refractivity (Wildman–Crippen MR) is 210 cm³/mol. The van der Waals surface area contributed by atoms with E-state index >= 15 is 0 Å². The van der Waals surface area contributed by atoms with Crippen molar-refractivity contribution in [3.8, 4) is 39.5 Å². The van der Waals surface area contributed by atoms with E-state index in [1.807, 2.05) is 18.2 Å². The number of hydrogen-bond acceptors (Lipinski definition) is 3. The molecule has 0 N–H and O–H groups in total. The van der Waals surface area contributed by atoms with Crippen LogP contribution in [0.25, 0.3) is 94.1 Å². The SMILES string of the molecule is CC1(C)c2ccccc2-c2cc3c4ccccc4n(-c4cccc5c4oc4c(-c6nc(-c7ccccc7)c7ccccc7n6)cccc45)c3cc21. The van der Waals surface area contributed by atoms with Crippen molar-refractivity contribution < 1.29 is 4.42 Å². The van der Waals surface area contributed by atoms with Crippen LogP contribution in [0.3, 0.4) is 0 Å². The monoisotopic (exact) mass is 653 g/mol. The largest absolute Gasteiger partial charge is 0.453 e. The number of hydrogen-bond donors (Lipinski definition) is 0. The Labute approximate surface area is 294 Å². The molecule has 0 unspecified atom stereocenters. The van der Waals surface area contributed by atoms with E-state index in [0.717, 1.165) is 60.9 Å². The number of aromatic nitrogens is 3. The lowest BCUT2D eigenvalue weighted by Gasteiger charge is -2.21. The first-order chi connectivity index (χ1) is 25.1. The molecule has 0 saturated carbocycles. The molecular weight excluding hydrogens is 623 g/mol. The second kappa shape index (κ2) is 10.3. The van der Waals surface area contributed by atoms with E-state index in [9.17, 15) is 0 Å². The van der Waals surface area contributed by atoms with E-state index in [1.165, 1.54) is 38.5 Å². The minimum absolute atomic E-state index is 0.111. The molecule has 7 aromatic carbocycles. The van der Waals surface area contributed by atoms with Crippen LogP contribution in [-0.4, -0.2) is 14.5 Å². The van der Waals surface area contributed by atoms with Gasteiger partial charge in [0.1, 0.15) is 5.58 Å². The summed E-state index contributed by atoms with van der Waals surface area (Å²) in [6.45, 7) is 4.69. The molecule has 0 radical (unpaired) electrons. The summed E-state index contributed by atoms with van der Waals surface area (Å²) in [5.74, 6) is 0.646. The van der Waals surface area contributed by atoms with Gasteiger partial charge in [-0.15, -0.1) is 0 Å². The predicted octanol–water partition coefficient (Wildman–Crippen LogP) is 12.3. The van der Waals surface area contributed by atoms with E-state index < -0.39 is 0 Å². The van der Waals surface area contributed by atoms with Gasteiger partial charge in [-0.25, -0.2) is 9.97 Å². The Balaban J connectivity index is 1.18. The molecular formula is C47H31N3O. The lowest BCUT2D eigenvalue weighted by Crippen LogP contribution is -2.14. The second-order valence-electron chi connectivity index (χ2n) is 14.2. The molecule has 0 amide bonds.